The minimum absolute atomic E-state index is 0.0461. The molecule has 0 spiro atoms. The third kappa shape index (κ3) is 4.64. The monoisotopic (exact) mass is 454 g/mol. The van der Waals surface area contributed by atoms with Crippen LogP contribution >= 0.6 is 0 Å². The average Bonchev–Trinajstić information content (AvgIpc) is 3.18. The molecule has 0 radical (unpaired) electrons. The van der Waals surface area contributed by atoms with Crippen molar-refractivity contribution in [1.82, 2.24) is 14.3 Å². The smallest absolute Gasteiger partial charge is 0.344 e. The van der Waals surface area contributed by atoms with Crippen LogP contribution in [0.15, 0.2) is 44.4 Å². The molecule has 2 heterocycles. The van der Waals surface area contributed by atoms with Gasteiger partial charge in [0.1, 0.15) is 16.9 Å². The summed E-state index contributed by atoms with van der Waals surface area (Å²) in [6.45, 7) is 6.24. The molecule has 0 unspecified atom stereocenters. The van der Waals surface area contributed by atoms with E-state index in [1.165, 1.54) is 0 Å². The molecule has 2 N–H and O–H groups in total. The first kappa shape index (κ1) is 23.7. The Kier molecular flexibility index (Phi) is 6.95. The molecule has 0 saturated carbocycles. The number of Topliss-reactive ketones (excluding diaryl/α,β-unsaturated/α-hetero) is 1. The van der Waals surface area contributed by atoms with Crippen molar-refractivity contribution in [2.24, 2.45) is 0 Å². The lowest BCUT2D eigenvalue weighted by atomic mass is 10.1. The number of carbonyl (C=O) groups excluding carboxylic acids is 2. The quantitative estimate of drug-likeness (QED) is 0.403. The van der Waals surface area contributed by atoms with Crippen LogP contribution in [0.25, 0.3) is 0 Å². The van der Waals surface area contributed by atoms with Crippen LogP contribution in [0.2, 0.25) is 0 Å². The number of rotatable bonds is 8. The van der Waals surface area contributed by atoms with Crippen LogP contribution in [0.5, 0.6) is 0 Å². The van der Waals surface area contributed by atoms with Gasteiger partial charge in [0.15, 0.2) is 12.4 Å². The Morgan fingerprint density at radius 3 is 2.39 bits per heavy atom. The van der Waals surface area contributed by atoms with E-state index in [1.54, 1.807) is 38.1 Å². The molecule has 0 aliphatic heterocycles. The fourth-order valence-electron chi connectivity index (χ4n) is 3.48. The number of nitrogens with zero attached hydrogens (tertiary/aromatic N) is 3. The molecule has 3 rings (SSSR count). The lowest BCUT2D eigenvalue weighted by Gasteiger charge is -2.16. The van der Waals surface area contributed by atoms with E-state index < -0.39 is 35.2 Å². The van der Waals surface area contributed by atoms with Crippen molar-refractivity contribution in [1.29, 1.82) is 0 Å². The lowest BCUT2D eigenvalue weighted by molar-refractivity contribution is 0.0470. The Morgan fingerprint density at radius 2 is 1.79 bits per heavy atom. The summed E-state index contributed by atoms with van der Waals surface area (Å²) in [5.41, 5.74) is 5.51. The zero-order chi connectivity index (χ0) is 24.3. The Morgan fingerprint density at radius 1 is 1.12 bits per heavy atom. The van der Waals surface area contributed by atoms with Gasteiger partial charge < -0.3 is 15.0 Å². The van der Waals surface area contributed by atoms with Gasteiger partial charge in [-0.25, -0.2) is 9.59 Å². The molecule has 0 saturated heterocycles. The normalized spacial score (nSPS) is 11.1. The van der Waals surface area contributed by atoms with Gasteiger partial charge >= 0.3 is 11.7 Å². The molecule has 0 atom stereocenters. The molecule has 0 fully saturated rings. The number of ketones is 1. The number of aromatic nitrogens is 3. The van der Waals surface area contributed by atoms with E-state index in [-0.39, 0.29) is 30.4 Å². The zero-order valence-electron chi connectivity index (χ0n) is 19.0. The van der Waals surface area contributed by atoms with Gasteiger partial charge in [-0.2, -0.15) is 0 Å². The van der Waals surface area contributed by atoms with E-state index in [2.05, 4.69) is 5.16 Å². The first-order chi connectivity index (χ1) is 15.7. The summed E-state index contributed by atoms with van der Waals surface area (Å²) in [4.78, 5) is 51.2. The molecule has 0 amide bonds. The van der Waals surface area contributed by atoms with Gasteiger partial charge in [-0.3, -0.25) is 18.7 Å². The van der Waals surface area contributed by atoms with Crippen LogP contribution in [0.1, 0.15) is 64.4 Å². The van der Waals surface area contributed by atoms with Crippen LogP contribution in [0.3, 0.4) is 0 Å². The molecule has 3 aromatic rings. The number of nitrogen functional groups attached to an aromatic ring is 1. The standard InChI is InChI=1S/C23H26N4O6/c1-5-26-21(29)18(20(24)27(23(26)31)11-15-9-7-6-8-10-15)16(28)12-32-22(30)17-14(4)25-33-19(17)13(2)3/h6-10,13H,5,11-12,24H2,1-4H3. The molecular weight excluding hydrogens is 428 g/mol. The number of benzene rings is 1. The predicted molar refractivity (Wildman–Crippen MR) is 121 cm³/mol. The number of hydrogen-bond acceptors (Lipinski definition) is 8. The molecule has 2 aromatic heterocycles. The summed E-state index contributed by atoms with van der Waals surface area (Å²) in [6, 6.07) is 9.02. The molecule has 0 bridgehead atoms. The van der Waals surface area contributed by atoms with E-state index in [1.807, 2.05) is 19.9 Å². The van der Waals surface area contributed by atoms with Crippen LogP contribution in [0.4, 0.5) is 5.82 Å². The second kappa shape index (κ2) is 9.68. The van der Waals surface area contributed by atoms with E-state index in [0.717, 1.165) is 14.7 Å². The highest BCUT2D eigenvalue weighted by atomic mass is 16.5. The summed E-state index contributed by atoms with van der Waals surface area (Å²) < 4.78 is 12.4. The first-order valence-electron chi connectivity index (χ1n) is 10.5. The highest BCUT2D eigenvalue weighted by molar-refractivity contribution is 6.02. The maximum Gasteiger partial charge on any atom is 0.344 e. The van der Waals surface area contributed by atoms with Crippen molar-refractivity contribution < 1.29 is 18.8 Å². The van der Waals surface area contributed by atoms with Crippen LogP contribution in [0, 0.1) is 6.92 Å². The van der Waals surface area contributed by atoms with Crippen LogP contribution < -0.4 is 17.0 Å². The maximum absolute atomic E-state index is 12.9. The first-order valence-corrected chi connectivity index (χ1v) is 10.5. The van der Waals surface area contributed by atoms with Crippen molar-refractivity contribution in [3.63, 3.8) is 0 Å². The molecular formula is C23H26N4O6. The van der Waals surface area contributed by atoms with Crippen molar-refractivity contribution in [2.45, 2.75) is 46.7 Å². The van der Waals surface area contributed by atoms with Gasteiger partial charge in [-0.05, 0) is 19.4 Å². The van der Waals surface area contributed by atoms with E-state index in [9.17, 15) is 19.2 Å². The summed E-state index contributed by atoms with van der Waals surface area (Å²) >= 11 is 0. The molecule has 0 aliphatic carbocycles. The van der Waals surface area contributed by atoms with Gasteiger partial charge in [0.2, 0.25) is 5.78 Å². The Labute approximate surface area is 189 Å². The molecule has 174 valence electrons. The van der Waals surface area contributed by atoms with Gasteiger partial charge in [-0.15, -0.1) is 0 Å². The number of hydrogen-bond donors (Lipinski definition) is 1. The zero-order valence-corrected chi connectivity index (χ0v) is 19.0. The average molecular weight is 454 g/mol. The van der Waals surface area contributed by atoms with E-state index >= 15 is 0 Å². The van der Waals surface area contributed by atoms with E-state index in [0.29, 0.717) is 11.5 Å². The summed E-state index contributed by atoms with van der Waals surface area (Å²) in [5, 5.41) is 3.78. The fraction of sp³-hybridized carbons (Fsp3) is 0.348. The second-order valence-electron chi connectivity index (χ2n) is 7.83. The third-order valence-corrected chi connectivity index (χ3v) is 5.20. The number of carbonyl (C=O) groups is 2. The molecule has 0 aliphatic rings. The van der Waals surface area contributed by atoms with Crippen molar-refractivity contribution in [3.8, 4) is 0 Å². The van der Waals surface area contributed by atoms with Gasteiger partial charge in [-0.1, -0.05) is 49.3 Å². The topological polar surface area (TPSA) is 139 Å². The largest absolute Gasteiger partial charge is 0.454 e. The molecule has 10 nitrogen and oxygen atoms in total. The summed E-state index contributed by atoms with van der Waals surface area (Å²) in [7, 11) is 0. The highest BCUT2D eigenvalue weighted by Gasteiger charge is 2.27. The number of anilines is 1. The summed E-state index contributed by atoms with van der Waals surface area (Å²) in [6.07, 6.45) is 0. The minimum atomic E-state index is -0.825. The van der Waals surface area contributed by atoms with Crippen molar-refractivity contribution in [2.75, 3.05) is 12.3 Å². The summed E-state index contributed by atoms with van der Waals surface area (Å²) in [5.74, 6) is -1.66. The van der Waals surface area contributed by atoms with E-state index in [4.69, 9.17) is 15.0 Å². The molecule has 10 heteroatoms. The Balaban J connectivity index is 1.94. The number of esters is 1. The highest BCUT2D eigenvalue weighted by Crippen LogP contribution is 2.23. The van der Waals surface area contributed by atoms with Gasteiger partial charge in [0, 0.05) is 12.5 Å². The second-order valence-corrected chi connectivity index (χ2v) is 7.83. The number of nitrogens with two attached hydrogens (primary N) is 1. The molecule has 33 heavy (non-hydrogen) atoms. The van der Waals surface area contributed by atoms with Gasteiger partial charge in [0.25, 0.3) is 5.56 Å². The van der Waals surface area contributed by atoms with Crippen molar-refractivity contribution in [3.05, 3.63) is 79.3 Å². The predicted octanol–water partition coefficient (Wildman–Crippen LogP) is 2.12. The third-order valence-electron chi connectivity index (χ3n) is 5.20. The number of aryl methyl sites for hydroxylation is 1. The van der Waals surface area contributed by atoms with Gasteiger partial charge in [0.05, 0.1) is 12.2 Å². The Hall–Kier alpha value is -3.95. The van der Waals surface area contributed by atoms with Crippen molar-refractivity contribution >= 4 is 17.6 Å². The Bertz CT molecular complexity index is 1300. The molecule has 1 aromatic carbocycles. The van der Waals surface area contributed by atoms with Crippen LogP contribution in [-0.2, 0) is 17.8 Å². The lowest BCUT2D eigenvalue weighted by Crippen LogP contribution is -2.44. The minimum Gasteiger partial charge on any atom is -0.454 e. The maximum atomic E-state index is 12.9. The fourth-order valence-corrected chi connectivity index (χ4v) is 3.48. The SMILES string of the molecule is CCn1c(=O)c(C(=O)COC(=O)c2c(C)noc2C(C)C)c(N)n(Cc2ccccc2)c1=O. The van der Waals surface area contributed by atoms with Crippen LogP contribution in [-0.4, -0.2) is 32.7 Å². The number of ether oxygens (including phenoxy) is 1.